The maximum atomic E-state index is 12.7. The van der Waals surface area contributed by atoms with Gasteiger partial charge in [-0.15, -0.1) is 0 Å². The number of amides is 1. The molecule has 0 bridgehead atoms. The average Bonchev–Trinajstić information content (AvgIpc) is 1.94. The largest absolute Gasteiger partial charge is 0.506 e. The minimum absolute atomic E-state index is 0.357. The second-order valence-corrected chi connectivity index (χ2v) is 1.90. The number of ether oxygens (including phenoxy) is 1. The van der Waals surface area contributed by atoms with Gasteiger partial charge in [-0.25, -0.2) is 14.2 Å². The zero-order chi connectivity index (χ0) is 9.14. The van der Waals surface area contributed by atoms with Crippen molar-refractivity contribution in [1.29, 1.82) is 0 Å². The van der Waals surface area contributed by atoms with Crippen molar-refractivity contribution in [2.45, 2.75) is 0 Å². The Morgan fingerprint density at radius 2 is 2.42 bits per heavy atom. The van der Waals surface area contributed by atoms with Crippen LogP contribution in [0.5, 0.6) is 11.6 Å². The van der Waals surface area contributed by atoms with Crippen LogP contribution in [-0.2, 0) is 0 Å². The molecule has 0 saturated heterocycles. The van der Waals surface area contributed by atoms with Crippen LogP contribution in [0.1, 0.15) is 0 Å². The molecule has 1 aromatic rings. The van der Waals surface area contributed by atoms with E-state index >= 15 is 0 Å². The molecule has 0 fully saturated rings. The first-order valence-electron chi connectivity index (χ1n) is 2.91. The number of rotatable bonds is 1. The minimum atomic E-state index is -1.16. The van der Waals surface area contributed by atoms with Gasteiger partial charge in [-0.2, -0.15) is 0 Å². The van der Waals surface area contributed by atoms with E-state index in [1.54, 1.807) is 0 Å². The van der Waals surface area contributed by atoms with E-state index in [1.165, 1.54) is 0 Å². The van der Waals surface area contributed by atoms with Gasteiger partial charge in [-0.05, 0) is 0 Å². The van der Waals surface area contributed by atoms with E-state index < -0.39 is 17.8 Å². The van der Waals surface area contributed by atoms with E-state index in [1.807, 2.05) is 0 Å². The Hall–Kier alpha value is -1.85. The molecule has 1 amide bonds. The van der Waals surface area contributed by atoms with Crippen molar-refractivity contribution >= 4 is 6.09 Å². The van der Waals surface area contributed by atoms with Crippen LogP contribution in [0.25, 0.3) is 0 Å². The fourth-order valence-electron chi connectivity index (χ4n) is 0.586. The normalized spacial score (nSPS) is 9.42. The van der Waals surface area contributed by atoms with E-state index in [4.69, 9.17) is 5.11 Å². The van der Waals surface area contributed by atoms with Crippen molar-refractivity contribution in [2.75, 3.05) is 0 Å². The van der Waals surface area contributed by atoms with Crippen LogP contribution in [-0.4, -0.2) is 16.2 Å². The maximum absolute atomic E-state index is 12.7. The third-order valence-corrected chi connectivity index (χ3v) is 0.990. The molecule has 0 spiro atoms. The Balaban J connectivity index is 2.93. The Bertz CT molecular complexity index is 316. The lowest BCUT2D eigenvalue weighted by atomic mass is 10.4. The predicted molar refractivity (Wildman–Crippen MR) is 36.1 cm³/mol. The van der Waals surface area contributed by atoms with Crippen molar-refractivity contribution in [2.24, 2.45) is 5.73 Å². The smallest absolute Gasteiger partial charge is 0.411 e. The first-order chi connectivity index (χ1) is 5.59. The van der Waals surface area contributed by atoms with Gasteiger partial charge in [0.2, 0.25) is 0 Å². The summed E-state index contributed by atoms with van der Waals surface area (Å²) >= 11 is 0. The van der Waals surface area contributed by atoms with Gasteiger partial charge in [0.25, 0.3) is 5.88 Å². The van der Waals surface area contributed by atoms with Gasteiger partial charge in [0.15, 0.2) is 5.82 Å². The molecule has 64 valence electrons. The van der Waals surface area contributed by atoms with Crippen LogP contribution >= 0.6 is 0 Å². The summed E-state index contributed by atoms with van der Waals surface area (Å²) in [6.07, 6.45) is -0.228. The van der Waals surface area contributed by atoms with Gasteiger partial charge >= 0.3 is 6.09 Å². The van der Waals surface area contributed by atoms with Crippen molar-refractivity contribution < 1.29 is 19.0 Å². The minimum Gasteiger partial charge on any atom is -0.506 e. The van der Waals surface area contributed by atoms with E-state index in [0.29, 0.717) is 0 Å². The van der Waals surface area contributed by atoms with Crippen LogP contribution in [0, 0.1) is 5.82 Å². The molecule has 0 unspecified atom stereocenters. The lowest BCUT2D eigenvalue weighted by Gasteiger charge is -1.99. The Kier molecular flexibility index (Phi) is 2.09. The Morgan fingerprint density at radius 1 is 1.75 bits per heavy atom. The monoisotopic (exact) mass is 172 g/mol. The van der Waals surface area contributed by atoms with Gasteiger partial charge < -0.3 is 15.6 Å². The maximum Gasteiger partial charge on any atom is 0.411 e. The van der Waals surface area contributed by atoms with E-state index in [9.17, 15) is 9.18 Å². The highest BCUT2D eigenvalue weighted by atomic mass is 19.1. The summed E-state index contributed by atoms with van der Waals surface area (Å²) in [5, 5.41) is 8.70. The van der Waals surface area contributed by atoms with Crippen molar-refractivity contribution in [3.8, 4) is 11.6 Å². The quantitative estimate of drug-likeness (QED) is 0.641. The second-order valence-electron chi connectivity index (χ2n) is 1.90. The van der Waals surface area contributed by atoms with E-state index in [-0.39, 0.29) is 5.75 Å². The molecule has 0 aliphatic rings. The molecule has 12 heavy (non-hydrogen) atoms. The van der Waals surface area contributed by atoms with E-state index in [2.05, 4.69) is 15.5 Å². The van der Waals surface area contributed by atoms with E-state index in [0.717, 1.165) is 12.3 Å². The standard InChI is InChI=1S/C6H5FN2O3/c7-4-1-3(10)2-9-5(4)12-6(8)11/h1-2,10H,(H2,8,11). The molecule has 3 N–H and O–H groups in total. The molecule has 1 heterocycles. The predicted octanol–water partition coefficient (Wildman–Crippen LogP) is 0.384. The molecule has 1 aromatic heterocycles. The SMILES string of the molecule is NC(=O)Oc1ncc(O)cc1F. The number of nitrogens with two attached hydrogens (primary N) is 1. The van der Waals surface area contributed by atoms with Crippen molar-refractivity contribution in [3.05, 3.63) is 18.1 Å². The third kappa shape index (κ3) is 1.82. The van der Waals surface area contributed by atoms with Crippen LogP contribution in [0.15, 0.2) is 12.3 Å². The number of aromatic hydroxyl groups is 1. The van der Waals surface area contributed by atoms with Crippen LogP contribution in [0.2, 0.25) is 0 Å². The number of carbonyl (C=O) groups excluding carboxylic acids is 1. The van der Waals surface area contributed by atoms with Gasteiger partial charge in [-0.3, -0.25) is 0 Å². The van der Waals surface area contributed by atoms with Crippen LogP contribution in [0.3, 0.4) is 0 Å². The number of carbonyl (C=O) groups is 1. The van der Waals surface area contributed by atoms with Gasteiger partial charge in [-0.1, -0.05) is 0 Å². The Morgan fingerprint density at radius 3 is 2.92 bits per heavy atom. The zero-order valence-electron chi connectivity index (χ0n) is 5.82. The molecule has 5 nitrogen and oxygen atoms in total. The molecule has 6 heteroatoms. The number of aromatic nitrogens is 1. The highest BCUT2D eigenvalue weighted by Gasteiger charge is 2.08. The second kappa shape index (κ2) is 3.04. The van der Waals surface area contributed by atoms with Gasteiger partial charge in [0.05, 0.1) is 6.20 Å². The highest BCUT2D eigenvalue weighted by Crippen LogP contribution is 2.17. The topological polar surface area (TPSA) is 85.4 Å². The molecular weight excluding hydrogens is 167 g/mol. The lowest BCUT2D eigenvalue weighted by molar-refractivity contribution is 0.206. The number of pyridine rings is 1. The average molecular weight is 172 g/mol. The molecule has 0 aromatic carbocycles. The highest BCUT2D eigenvalue weighted by molar-refractivity contribution is 5.67. The summed E-state index contributed by atoms with van der Waals surface area (Å²) in [4.78, 5) is 13.4. The summed E-state index contributed by atoms with van der Waals surface area (Å²) in [5.41, 5.74) is 4.60. The number of nitrogens with zero attached hydrogens (tertiary/aromatic N) is 1. The first-order valence-corrected chi connectivity index (χ1v) is 2.91. The number of hydrogen-bond donors (Lipinski definition) is 2. The summed E-state index contributed by atoms with van der Waals surface area (Å²) in [6.45, 7) is 0. The van der Waals surface area contributed by atoms with Crippen LogP contribution < -0.4 is 10.5 Å². The molecule has 0 atom stereocenters. The molecule has 0 aliphatic carbocycles. The lowest BCUT2D eigenvalue weighted by Crippen LogP contribution is -2.17. The molecule has 0 saturated carbocycles. The molecular formula is C6H5FN2O3. The summed E-state index contributed by atoms with van der Waals surface area (Å²) in [5.74, 6) is -1.86. The molecule has 1 rings (SSSR count). The molecule has 0 radical (unpaired) electrons. The number of halogens is 1. The zero-order valence-corrected chi connectivity index (χ0v) is 5.82. The van der Waals surface area contributed by atoms with Crippen molar-refractivity contribution in [3.63, 3.8) is 0 Å². The summed E-state index contributed by atoms with van der Waals surface area (Å²) < 4.78 is 16.8. The van der Waals surface area contributed by atoms with Gasteiger partial charge in [0.1, 0.15) is 5.75 Å². The molecule has 0 aliphatic heterocycles. The summed E-state index contributed by atoms with van der Waals surface area (Å²) in [7, 11) is 0. The summed E-state index contributed by atoms with van der Waals surface area (Å²) in [6, 6.07) is 0.755. The third-order valence-electron chi connectivity index (χ3n) is 0.990. The number of primary amides is 1. The fraction of sp³-hybridized carbons (Fsp3) is 0. The fourth-order valence-corrected chi connectivity index (χ4v) is 0.586. The first kappa shape index (κ1) is 8.25. The van der Waals surface area contributed by atoms with Crippen molar-refractivity contribution in [1.82, 2.24) is 4.98 Å². The van der Waals surface area contributed by atoms with Crippen LogP contribution in [0.4, 0.5) is 9.18 Å². The number of hydrogen-bond acceptors (Lipinski definition) is 4. The Labute approximate surface area is 66.6 Å². The van der Waals surface area contributed by atoms with Gasteiger partial charge in [0, 0.05) is 6.07 Å².